The average Bonchev–Trinajstić information content (AvgIpc) is 0.769. The monoisotopic (exact) mass is 2050 g/mol. The number of methoxy groups -OCH3 is 3. The van der Waals surface area contributed by atoms with Gasteiger partial charge in [0.2, 0.25) is 0 Å². The van der Waals surface area contributed by atoms with Crippen LogP contribution in [-0.2, 0) is 75.3 Å². The molecular formula is C125H181B2N9O14. The maximum absolute atomic E-state index is 12.8. The van der Waals surface area contributed by atoms with Gasteiger partial charge in [-0.25, -0.2) is 9.59 Å². The van der Waals surface area contributed by atoms with Gasteiger partial charge in [0.15, 0.2) is 0 Å². The number of esters is 2. The summed E-state index contributed by atoms with van der Waals surface area (Å²) < 4.78 is 24.2. The van der Waals surface area contributed by atoms with Crippen LogP contribution in [0.5, 0.6) is 0 Å². The fraction of sp³-hybridized carbons (Fsp3) is 0.320. The highest BCUT2D eigenvalue weighted by atomic mass is 16.6. The predicted molar refractivity (Wildman–Crippen MR) is 638 cm³/mol. The SMILES string of the molecule is C=C.C=C.C=C.C=C.C=C.C=C.CC.CC.CC.CC.CC.CC.CC1C=CN(C)B(O)C1C.CC1C=C[N+](C)(C)[B-](O)(O)C1C.CCCC(C(=O)Cc1ccc2cnccc2c1)c1ccccc1.COC(=O)C(CNC(=O)OCc1ccccc1)c1ccccc1.COC(=O)Cc1ccccc1.COCNC(=O)OCc1ccccc1.NCC(C(=O)Cc1ccc2cnccc2c1)c1ccccc1.Nc1ccc2cnccc2c1. The molecule has 9 N–H and O–H groups in total. The van der Waals surface area contributed by atoms with Gasteiger partial charge < -0.3 is 64.7 Å². The van der Waals surface area contributed by atoms with Gasteiger partial charge in [0, 0.05) is 112 Å². The van der Waals surface area contributed by atoms with Crippen LogP contribution >= 0.6 is 0 Å². The largest absolute Gasteiger partial charge is 0.528 e. The van der Waals surface area contributed by atoms with E-state index in [0.29, 0.717) is 43.3 Å². The molecule has 9 aromatic carbocycles. The van der Waals surface area contributed by atoms with Gasteiger partial charge in [0.1, 0.15) is 31.5 Å². The third-order valence-corrected chi connectivity index (χ3v) is 21.8. The van der Waals surface area contributed by atoms with E-state index in [0.717, 1.165) is 95.4 Å². The highest BCUT2D eigenvalue weighted by Crippen LogP contribution is 2.36. The molecule has 7 unspecified atom stereocenters. The number of anilines is 1. The topological polar surface area (TPSA) is 327 Å². The standard InChI is InChI=1S/C21H21NO.C19H18N2O.C18H19NO4.C10H13NO3.C9H8N2.C9H10O2.C8H18BNO2.C7H14BNO.6C2H6.6C2H4/c1-2-6-20(17-7-4-3-5-8-17)21(23)14-16-9-10-19-15-22-12-11-18(19)13-16;20-12-18(15-4-2-1-3-5-15)19(22)11-14-6-7-17-13-21-9-8-16(17)10-14;1-22-17(20)16(15-10-6-3-7-11-15)12-19-18(21)23-13-14-8-4-2-5-9-14;1-13-8-11-10(12)14-7-9-5-3-2-4-6-9;10-9-2-1-8-6-11-4-3-7(8)5-9;1-11-9(10)7-8-5-3-2-4-6-8;1-7-5-6-10(3,4)9(11,12)8(7)2;1-6-4-5-9(3)8(10)7(6)2;12*1-2/h3-5,7-13,15,20H,2,6,14H2,1H3;1-10,13,18H,11-12,20H2;2-11,16H,12-13H2,1H3,(H,19,21);2-6H,7-8H2,1H3,(H,11,12);1-6H,10H2;2-6H,7H2,1H3;5-8,11-12H,1-4H3;4-7,10H,1-3H3;6*1-2H3;6*1-2H2. The summed E-state index contributed by atoms with van der Waals surface area (Å²) in [4.78, 5) is 84.9. The number of allylic oxidation sites excluding steroid dienone is 2. The molecule has 0 saturated heterocycles. The number of nitrogen functional groups attached to an aromatic ring is 1. The van der Waals surface area contributed by atoms with Crippen molar-refractivity contribution in [1.82, 2.24) is 30.4 Å². The van der Waals surface area contributed by atoms with Gasteiger partial charge in [-0.05, 0) is 140 Å². The van der Waals surface area contributed by atoms with Crippen LogP contribution in [0.4, 0.5) is 15.3 Å². The second-order valence-corrected chi connectivity index (χ2v) is 31.3. The highest BCUT2D eigenvalue weighted by molar-refractivity contribution is 6.59. The molecule has 25 heteroatoms. The summed E-state index contributed by atoms with van der Waals surface area (Å²) in [6.45, 7) is 69.0. The Kier molecular flexibility index (Phi) is 91.7. The summed E-state index contributed by atoms with van der Waals surface area (Å²) in [5.41, 5.74) is 20.0. The maximum atomic E-state index is 12.8. The fourth-order valence-electron chi connectivity index (χ4n) is 13.6. The van der Waals surface area contributed by atoms with Gasteiger partial charge in [0.05, 0.1) is 38.7 Å². The Labute approximate surface area is 902 Å². The number of amides is 2. The molecule has 3 aromatic heterocycles. The van der Waals surface area contributed by atoms with Crippen molar-refractivity contribution in [1.29, 1.82) is 0 Å². The van der Waals surface area contributed by atoms with Crippen molar-refractivity contribution in [2.75, 3.05) is 68.0 Å². The van der Waals surface area contributed by atoms with Crippen LogP contribution in [0, 0.1) is 11.8 Å². The van der Waals surface area contributed by atoms with E-state index in [4.69, 9.17) is 25.7 Å². The number of ether oxygens (including phenoxy) is 5. The fourth-order valence-corrected chi connectivity index (χ4v) is 13.6. The zero-order valence-corrected chi connectivity index (χ0v) is 94.5. The molecule has 816 valence electrons. The number of aromatic nitrogens is 3. The van der Waals surface area contributed by atoms with Gasteiger partial charge in [0.25, 0.3) is 0 Å². The van der Waals surface area contributed by atoms with Crippen molar-refractivity contribution in [2.24, 2.45) is 17.6 Å². The van der Waals surface area contributed by atoms with Crippen LogP contribution in [-0.4, -0.2) is 151 Å². The lowest BCUT2D eigenvalue weighted by Gasteiger charge is -2.51. The molecule has 23 nitrogen and oxygen atoms in total. The molecule has 0 fully saturated rings. The normalized spacial score (nSPS) is 13.4. The highest BCUT2D eigenvalue weighted by Gasteiger charge is 2.48. The first-order valence-corrected chi connectivity index (χ1v) is 51.1. The lowest BCUT2D eigenvalue weighted by molar-refractivity contribution is -0.757. The zero-order valence-electron chi connectivity index (χ0n) is 94.5. The van der Waals surface area contributed by atoms with Crippen molar-refractivity contribution < 1.29 is 71.9 Å². The quantitative estimate of drug-likeness (QED) is 0.00781. The number of rotatable bonds is 23. The second kappa shape index (κ2) is 94.2. The van der Waals surface area contributed by atoms with E-state index < -0.39 is 30.8 Å². The number of fused-ring (bicyclic) bond motifs is 3. The first kappa shape index (κ1) is 146. The van der Waals surface area contributed by atoms with Crippen molar-refractivity contribution in [3.05, 3.63) is 440 Å². The number of nitrogens with zero attached hydrogens (tertiary/aromatic N) is 5. The van der Waals surface area contributed by atoms with E-state index in [1.54, 1.807) is 32.7 Å². The molecule has 2 aliphatic heterocycles. The molecule has 14 rings (SSSR count). The number of carbonyl (C=O) groups excluding carboxylic acids is 6. The number of Topliss-reactive ketones (excluding diaryl/α,β-unsaturated/α-hetero) is 2. The van der Waals surface area contributed by atoms with E-state index in [9.17, 15) is 43.8 Å². The average molecular weight is 2060 g/mol. The van der Waals surface area contributed by atoms with Crippen LogP contribution in [0.25, 0.3) is 32.3 Å². The number of nitrogens with one attached hydrogen (secondary N) is 2. The van der Waals surface area contributed by atoms with E-state index >= 15 is 0 Å². The first-order chi connectivity index (χ1) is 72.7. The van der Waals surface area contributed by atoms with Crippen LogP contribution in [0.3, 0.4) is 0 Å². The van der Waals surface area contributed by atoms with Crippen molar-refractivity contribution in [2.45, 2.75) is 192 Å². The van der Waals surface area contributed by atoms with E-state index in [1.165, 1.54) is 21.3 Å². The van der Waals surface area contributed by atoms with Crippen molar-refractivity contribution in [3.63, 3.8) is 0 Å². The number of quaternary nitrogens is 1. The van der Waals surface area contributed by atoms with E-state index in [2.05, 4.69) is 159 Å². The van der Waals surface area contributed by atoms with Gasteiger partial charge >= 0.3 is 37.9 Å². The summed E-state index contributed by atoms with van der Waals surface area (Å²) in [6.07, 6.45) is 20.9. The van der Waals surface area contributed by atoms with Gasteiger partial charge in [-0.2, -0.15) is 0 Å². The van der Waals surface area contributed by atoms with Crippen LogP contribution in [0.2, 0.25) is 11.6 Å². The molecule has 0 bridgehead atoms. The number of hydrogen-bond acceptors (Lipinski definition) is 20. The third kappa shape index (κ3) is 58.8. The van der Waals surface area contributed by atoms with Crippen LogP contribution in [0.15, 0.2) is 395 Å². The Bertz CT molecular complexity index is 5440. The van der Waals surface area contributed by atoms with Crippen molar-refractivity contribution >= 4 is 87.4 Å². The first-order valence-electron chi connectivity index (χ1n) is 51.1. The Morgan fingerprint density at radius 1 is 0.440 bits per heavy atom. The second-order valence-electron chi connectivity index (χ2n) is 31.3. The predicted octanol–water partition coefficient (Wildman–Crippen LogP) is 28.1. The molecule has 0 saturated carbocycles. The Balaban J connectivity index is -0.000000389. The van der Waals surface area contributed by atoms with Gasteiger partial charge in [-0.15, -0.1) is 78.9 Å². The van der Waals surface area contributed by atoms with E-state index in [1.807, 2.05) is 382 Å². The Hall–Kier alpha value is -14.6. The lowest BCUT2D eigenvalue weighted by atomic mass is 9.51. The molecule has 0 aliphatic carbocycles. The molecular weight excluding hydrogens is 1870 g/mol. The number of nitrogens with two attached hydrogens (primary N) is 2. The number of ketones is 2. The smallest absolute Gasteiger partial charge is 0.475 e. The van der Waals surface area contributed by atoms with E-state index in [-0.39, 0.29) is 73.3 Å². The minimum atomic E-state index is -2.31. The Morgan fingerprint density at radius 2 is 0.793 bits per heavy atom. The molecule has 2 amide bonds. The minimum absolute atomic E-state index is 0.00524. The maximum Gasteiger partial charge on any atom is 0.475 e. The zero-order chi connectivity index (χ0) is 115. The van der Waals surface area contributed by atoms with Crippen molar-refractivity contribution in [3.8, 4) is 0 Å². The third-order valence-electron chi connectivity index (χ3n) is 21.8. The molecule has 0 radical (unpaired) electrons. The molecule has 12 aromatic rings. The molecule has 5 heterocycles. The van der Waals surface area contributed by atoms with Gasteiger partial charge in [-0.1, -0.05) is 355 Å². The van der Waals surface area contributed by atoms with Gasteiger partial charge in [-0.3, -0.25) is 39.4 Å². The molecule has 0 spiro atoms. The van der Waals surface area contributed by atoms with Crippen LogP contribution < -0.4 is 22.1 Å². The summed E-state index contributed by atoms with van der Waals surface area (Å²) in [7, 11) is 9.41. The molecule has 7 atom stereocenters. The number of benzene rings is 9. The summed E-state index contributed by atoms with van der Waals surface area (Å²) >= 11 is 0. The Morgan fingerprint density at radius 3 is 1.15 bits per heavy atom. The summed E-state index contributed by atoms with van der Waals surface area (Å²) in [5.74, 6) is 0.0378. The summed E-state index contributed by atoms with van der Waals surface area (Å²) in [6, 6.07) is 81.3. The van der Waals surface area contributed by atoms with Crippen LogP contribution in [0.1, 0.15) is 193 Å². The molecule has 150 heavy (non-hydrogen) atoms. The minimum Gasteiger partial charge on any atom is -0.528 e. The molecule has 2 aliphatic rings. The number of carbonyl (C=O) groups is 6. The number of hydrogen-bond donors (Lipinski definition) is 7. The lowest BCUT2D eigenvalue weighted by Crippen LogP contribution is -2.66. The summed E-state index contributed by atoms with van der Waals surface area (Å²) in [5, 5.41) is 41.0. The number of pyridine rings is 3. The number of alkyl carbamates (subject to hydrolysis) is 2.